The van der Waals surface area contributed by atoms with Gasteiger partial charge in [0.15, 0.2) is 5.82 Å². The summed E-state index contributed by atoms with van der Waals surface area (Å²) in [5.41, 5.74) is 10.7. The largest absolute Gasteiger partial charge is 0.383 e. The van der Waals surface area contributed by atoms with Crippen molar-refractivity contribution in [3.63, 3.8) is 0 Å². The first-order valence-corrected chi connectivity index (χ1v) is 4.60. The van der Waals surface area contributed by atoms with Crippen LogP contribution in [0.25, 0.3) is 0 Å². The lowest BCUT2D eigenvalue weighted by Crippen LogP contribution is -2.17. The molecule has 0 bridgehead atoms. The van der Waals surface area contributed by atoms with Crippen LogP contribution in [-0.2, 0) is 4.74 Å². The van der Waals surface area contributed by atoms with E-state index in [1.807, 2.05) is 13.8 Å². The highest BCUT2D eigenvalue weighted by molar-refractivity contribution is 5.96. The summed E-state index contributed by atoms with van der Waals surface area (Å²) in [6.45, 7) is 4.24. The number of amides is 1. The zero-order valence-corrected chi connectivity index (χ0v) is 8.73. The number of nitrogens with two attached hydrogens (primary N) is 2. The van der Waals surface area contributed by atoms with Crippen molar-refractivity contribution >= 4 is 11.7 Å². The molecule has 1 aromatic rings. The van der Waals surface area contributed by atoms with Gasteiger partial charge in [0.25, 0.3) is 5.91 Å². The van der Waals surface area contributed by atoms with E-state index in [0.29, 0.717) is 12.4 Å². The van der Waals surface area contributed by atoms with E-state index >= 15 is 0 Å². The molecule has 0 aliphatic rings. The van der Waals surface area contributed by atoms with Crippen LogP contribution in [0.4, 0.5) is 5.82 Å². The second kappa shape index (κ2) is 4.70. The normalized spacial score (nSPS) is 12.4. The van der Waals surface area contributed by atoms with Gasteiger partial charge < -0.3 is 16.2 Å². The van der Waals surface area contributed by atoms with E-state index in [-0.39, 0.29) is 17.5 Å². The Morgan fingerprint density at radius 2 is 2.33 bits per heavy atom. The maximum Gasteiger partial charge on any atom is 0.254 e. The minimum absolute atomic E-state index is 0.0825. The summed E-state index contributed by atoms with van der Waals surface area (Å²) in [6.07, 6.45) is 1.06. The zero-order chi connectivity index (χ0) is 11.4. The molecule has 0 aromatic carbocycles. The smallest absolute Gasteiger partial charge is 0.254 e. The maximum absolute atomic E-state index is 10.9. The fourth-order valence-electron chi connectivity index (χ4n) is 1.12. The third-order valence-electron chi connectivity index (χ3n) is 1.88. The van der Waals surface area contributed by atoms with Gasteiger partial charge in [0.05, 0.1) is 5.56 Å². The number of anilines is 1. The molecule has 82 valence electrons. The molecule has 1 aromatic heterocycles. The number of nitrogens with zero attached hydrogens (tertiary/aromatic N) is 2. The minimum atomic E-state index is -0.636. The summed E-state index contributed by atoms with van der Waals surface area (Å²) < 4.78 is 5.29. The lowest BCUT2D eigenvalue weighted by molar-refractivity contribution is 0.0700. The monoisotopic (exact) mass is 210 g/mol. The number of rotatable bonds is 4. The number of ether oxygens (including phenoxy) is 1. The van der Waals surface area contributed by atoms with Gasteiger partial charge in [-0.25, -0.2) is 9.97 Å². The van der Waals surface area contributed by atoms with Gasteiger partial charge in [-0.05, 0) is 13.8 Å². The van der Waals surface area contributed by atoms with Crippen molar-refractivity contribution in [3.05, 3.63) is 17.6 Å². The summed E-state index contributed by atoms with van der Waals surface area (Å²) in [5, 5.41) is 0. The van der Waals surface area contributed by atoms with Gasteiger partial charge in [0.2, 0.25) is 0 Å². The number of hydrogen-bond acceptors (Lipinski definition) is 5. The van der Waals surface area contributed by atoms with Gasteiger partial charge in [-0.3, -0.25) is 4.79 Å². The van der Waals surface area contributed by atoms with E-state index in [0.717, 1.165) is 0 Å². The van der Waals surface area contributed by atoms with Crippen LogP contribution in [-0.4, -0.2) is 22.5 Å². The quantitative estimate of drug-likeness (QED) is 0.741. The van der Waals surface area contributed by atoms with Crippen LogP contribution in [0.1, 0.15) is 36.1 Å². The van der Waals surface area contributed by atoms with Crippen molar-refractivity contribution in [1.29, 1.82) is 0 Å². The predicted octanol–water partition coefficient (Wildman–Crippen LogP) is 0.255. The van der Waals surface area contributed by atoms with E-state index in [9.17, 15) is 4.79 Å². The minimum Gasteiger partial charge on any atom is -0.383 e. The molecule has 0 fully saturated rings. The van der Waals surface area contributed by atoms with Crippen LogP contribution in [0.5, 0.6) is 0 Å². The fraction of sp³-hybridized carbons (Fsp3) is 0.444. The Labute approximate surface area is 87.7 Å². The van der Waals surface area contributed by atoms with E-state index in [1.54, 1.807) is 0 Å². The summed E-state index contributed by atoms with van der Waals surface area (Å²) in [4.78, 5) is 18.8. The lowest BCUT2D eigenvalue weighted by Gasteiger charge is -2.10. The number of carbonyl (C=O) groups excluding carboxylic acids is 1. The number of primary amides is 1. The van der Waals surface area contributed by atoms with Gasteiger partial charge in [-0.15, -0.1) is 0 Å². The first-order valence-electron chi connectivity index (χ1n) is 4.60. The fourth-order valence-corrected chi connectivity index (χ4v) is 1.12. The summed E-state index contributed by atoms with van der Waals surface area (Å²) >= 11 is 0. The standard InChI is InChI=1S/C9H14N4O2/c1-3-15-5(2)9-12-4-6(8(11)14)7(10)13-9/h4-5H,3H2,1-2H3,(H2,11,14)(H2,10,12,13). The summed E-state index contributed by atoms with van der Waals surface area (Å²) in [7, 11) is 0. The van der Waals surface area contributed by atoms with Gasteiger partial charge in [-0.1, -0.05) is 0 Å². The Kier molecular flexibility index (Phi) is 3.56. The molecule has 0 aliphatic heterocycles. The van der Waals surface area contributed by atoms with Crippen LogP contribution in [0.3, 0.4) is 0 Å². The number of hydrogen-bond donors (Lipinski definition) is 2. The molecule has 0 spiro atoms. The Hall–Kier alpha value is -1.69. The van der Waals surface area contributed by atoms with Gasteiger partial charge in [0, 0.05) is 12.8 Å². The summed E-state index contributed by atoms with van der Waals surface area (Å²) in [5.74, 6) is -0.110. The maximum atomic E-state index is 10.9. The van der Waals surface area contributed by atoms with Crippen LogP contribution < -0.4 is 11.5 Å². The van der Waals surface area contributed by atoms with Crippen molar-refractivity contribution in [3.8, 4) is 0 Å². The first-order chi connectivity index (χ1) is 7.06. The molecule has 0 radical (unpaired) electrons. The Morgan fingerprint density at radius 1 is 1.67 bits per heavy atom. The third-order valence-corrected chi connectivity index (χ3v) is 1.88. The van der Waals surface area contributed by atoms with E-state index < -0.39 is 5.91 Å². The highest BCUT2D eigenvalue weighted by atomic mass is 16.5. The average Bonchev–Trinajstić information content (AvgIpc) is 2.17. The van der Waals surface area contributed by atoms with Crippen LogP contribution in [0, 0.1) is 0 Å². The Balaban J connectivity index is 2.96. The molecule has 6 heteroatoms. The molecule has 4 N–H and O–H groups in total. The molecule has 0 saturated carbocycles. The highest BCUT2D eigenvalue weighted by Crippen LogP contribution is 2.14. The first kappa shape index (κ1) is 11.4. The topological polar surface area (TPSA) is 104 Å². The summed E-state index contributed by atoms with van der Waals surface area (Å²) in [6, 6.07) is 0. The van der Waals surface area contributed by atoms with Crippen LogP contribution in [0.2, 0.25) is 0 Å². The molecule has 1 atom stereocenters. The zero-order valence-electron chi connectivity index (χ0n) is 8.73. The van der Waals surface area contributed by atoms with Crippen molar-refractivity contribution in [2.24, 2.45) is 5.73 Å². The van der Waals surface area contributed by atoms with Crippen molar-refractivity contribution in [2.45, 2.75) is 20.0 Å². The average molecular weight is 210 g/mol. The van der Waals surface area contributed by atoms with E-state index in [4.69, 9.17) is 16.2 Å². The Bertz CT molecular complexity index is 367. The molecular formula is C9H14N4O2. The molecule has 6 nitrogen and oxygen atoms in total. The van der Waals surface area contributed by atoms with Gasteiger partial charge in [0.1, 0.15) is 11.9 Å². The molecule has 1 amide bonds. The van der Waals surface area contributed by atoms with Crippen LogP contribution >= 0.6 is 0 Å². The van der Waals surface area contributed by atoms with Crippen LogP contribution in [0.15, 0.2) is 6.20 Å². The SMILES string of the molecule is CCOC(C)c1ncc(C(N)=O)c(N)n1. The molecule has 1 heterocycles. The number of carbonyl (C=O) groups is 1. The van der Waals surface area contributed by atoms with E-state index in [1.165, 1.54) is 6.20 Å². The van der Waals surface area contributed by atoms with Crippen molar-refractivity contribution in [1.82, 2.24) is 9.97 Å². The highest BCUT2D eigenvalue weighted by Gasteiger charge is 2.13. The number of aromatic nitrogens is 2. The molecule has 1 unspecified atom stereocenters. The molecule has 1 rings (SSSR count). The predicted molar refractivity (Wildman–Crippen MR) is 55.0 cm³/mol. The number of nitrogen functional groups attached to an aromatic ring is 1. The second-order valence-electron chi connectivity index (χ2n) is 2.99. The third kappa shape index (κ3) is 2.63. The Morgan fingerprint density at radius 3 is 2.80 bits per heavy atom. The lowest BCUT2D eigenvalue weighted by atomic mass is 10.3. The van der Waals surface area contributed by atoms with Gasteiger partial charge >= 0.3 is 0 Å². The van der Waals surface area contributed by atoms with Gasteiger partial charge in [-0.2, -0.15) is 0 Å². The van der Waals surface area contributed by atoms with Crippen molar-refractivity contribution < 1.29 is 9.53 Å². The molecule has 15 heavy (non-hydrogen) atoms. The molecule has 0 saturated heterocycles. The molecule has 0 aliphatic carbocycles. The second-order valence-corrected chi connectivity index (χ2v) is 2.99. The van der Waals surface area contributed by atoms with E-state index in [2.05, 4.69) is 9.97 Å². The van der Waals surface area contributed by atoms with Crippen molar-refractivity contribution in [2.75, 3.05) is 12.3 Å². The molecular weight excluding hydrogens is 196 g/mol.